The Labute approximate surface area is 151 Å². The van der Waals surface area contributed by atoms with Crippen molar-refractivity contribution >= 4 is 22.2 Å². The Morgan fingerprint density at radius 2 is 2.00 bits per heavy atom. The van der Waals surface area contributed by atoms with Gasteiger partial charge >= 0.3 is 0 Å². The quantitative estimate of drug-likeness (QED) is 0.651. The predicted octanol–water partition coefficient (Wildman–Crippen LogP) is 3.29. The van der Waals surface area contributed by atoms with Gasteiger partial charge in [-0.1, -0.05) is 55.5 Å². The molecular weight excluding hydrogens is 334 g/mol. The normalized spacial score (nSPS) is 11.4. The first-order chi connectivity index (χ1) is 12.1. The van der Waals surface area contributed by atoms with Gasteiger partial charge in [0.2, 0.25) is 10.9 Å². The molecule has 0 bridgehead atoms. The Hall–Kier alpha value is -2.28. The lowest BCUT2D eigenvalue weighted by Gasteiger charge is -2.20. The van der Waals surface area contributed by atoms with Gasteiger partial charge in [0.25, 0.3) is 0 Å². The smallest absolute Gasteiger partial charge is 0.234 e. The molecule has 132 valence electrons. The zero-order valence-electron chi connectivity index (χ0n) is 14.8. The highest BCUT2D eigenvalue weighted by Crippen LogP contribution is 2.19. The van der Waals surface area contributed by atoms with Crippen molar-refractivity contribution in [3.05, 3.63) is 46.7 Å². The number of carbonyl (C=O) groups is 1. The van der Waals surface area contributed by atoms with Gasteiger partial charge < -0.3 is 4.90 Å². The molecule has 7 heteroatoms. The van der Waals surface area contributed by atoms with E-state index in [9.17, 15) is 4.79 Å². The van der Waals surface area contributed by atoms with Gasteiger partial charge in [0.15, 0.2) is 5.82 Å². The Morgan fingerprint density at radius 1 is 1.24 bits per heavy atom. The highest BCUT2D eigenvalue weighted by atomic mass is 32.1. The molecule has 0 unspecified atom stereocenters. The Morgan fingerprint density at radius 3 is 2.68 bits per heavy atom. The van der Waals surface area contributed by atoms with E-state index < -0.39 is 0 Å². The summed E-state index contributed by atoms with van der Waals surface area (Å²) < 4.78 is 1.80. The lowest BCUT2D eigenvalue weighted by atomic mass is 10.2. The molecule has 0 radical (unpaired) electrons. The van der Waals surface area contributed by atoms with Crippen molar-refractivity contribution in [1.29, 1.82) is 0 Å². The second-order valence-electron chi connectivity index (χ2n) is 6.30. The van der Waals surface area contributed by atoms with Crippen LogP contribution >= 0.6 is 11.3 Å². The largest absolute Gasteiger partial charge is 0.339 e. The van der Waals surface area contributed by atoms with Crippen LogP contribution in [-0.2, 0) is 17.8 Å². The number of hydrogen-bond acceptors (Lipinski definition) is 5. The zero-order valence-corrected chi connectivity index (χ0v) is 15.7. The van der Waals surface area contributed by atoms with Crippen molar-refractivity contribution in [2.45, 2.75) is 46.1 Å². The third-order valence-corrected chi connectivity index (χ3v) is 5.04. The number of aromatic nitrogens is 4. The van der Waals surface area contributed by atoms with Crippen LogP contribution in [0.25, 0.3) is 4.96 Å². The molecule has 3 aromatic rings. The fraction of sp³-hybridized carbons (Fsp3) is 0.444. The van der Waals surface area contributed by atoms with Gasteiger partial charge in [0.05, 0.1) is 0 Å². The molecule has 0 spiro atoms. The number of nitrogens with zero attached hydrogens (tertiary/aromatic N) is 5. The minimum atomic E-state index is 0.154. The summed E-state index contributed by atoms with van der Waals surface area (Å²) in [6.07, 6.45) is 1.09. The molecule has 0 saturated carbocycles. The van der Waals surface area contributed by atoms with Gasteiger partial charge in [-0.2, -0.15) is 9.61 Å². The standard InChI is InChI=1S/C18H23N5OS/c1-4-22(12-14-8-6-5-7-9-14)16(24)11-10-15-21-23-17(13(2)3)19-20-18(23)25-15/h5-9,13H,4,10-12H2,1-3H3. The van der Waals surface area contributed by atoms with Crippen LogP contribution in [0.5, 0.6) is 0 Å². The Kier molecular flexibility index (Phi) is 5.43. The molecule has 0 N–H and O–H groups in total. The van der Waals surface area contributed by atoms with E-state index in [0.717, 1.165) is 21.4 Å². The van der Waals surface area contributed by atoms with E-state index in [4.69, 9.17) is 0 Å². The second kappa shape index (κ2) is 7.74. The first-order valence-electron chi connectivity index (χ1n) is 8.61. The summed E-state index contributed by atoms with van der Waals surface area (Å²) in [6, 6.07) is 10.1. The lowest BCUT2D eigenvalue weighted by Crippen LogP contribution is -2.30. The maximum absolute atomic E-state index is 12.5. The molecule has 0 aliphatic heterocycles. The van der Waals surface area contributed by atoms with Crippen molar-refractivity contribution in [3.8, 4) is 0 Å². The predicted molar refractivity (Wildman–Crippen MR) is 98.6 cm³/mol. The number of fused-ring (bicyclic) bond motifs is 1. The number of benzene rings is 1. The fourth-order valence-corrected chi connectivity index (χ4v) is 3.52. The summed E-state index contributed by atoms with van der Waals surface area (Å²) in [5.41, 5.74) is 1.15. The van der Waals surface area contributed by atoms with Gasteiger partial charge in [-0.15, -0.1) is 10.2 Å². The van der Waals surface area contributed by atoms with Crippen LogP contribution in [0.4, 0.5) is 0 Å². The third-order valence-electron chi connectivity index (χ3n) is 4.08. The summed E-state index contributed by atoms with van der Waals surface area (Å²) in [4.78, 5) is 15.2. The number of aryl methyl sites for hydroxylation is 1. The number of rotatable bonds is 7. The zero-order chi connectivity index (χ0) is 17.8. The van der Waals surface area contributed by atoms with Crippen molar-refractivity contribution in [2.24, 2.45) is 0 Å². The van der Waals surface area contributed by atoms with E-state index >= 15 is 0 Å². The van der Waals surface area contributed by atoms with Crippen LogP contribution in [0.2, 0.25) is 0 Å². The van der Waals surface area contributed by atoms with Crippen molar-refractivity contribution in [2.75, 3.05) is 6.54 Å². The van der Waals surface area contributed by atoms with Crippen LogP contribution in [0.1, 0.15) is 49.5 Å². The van der Waals surface area contributed by atoms with E-state index in [1.54, 1.807) is 4.52 Å². The highest BCUT2D eigenvalue weighted by molar-refractivity contribution is 7.16. The number of carbonyl (C=O) groups excluding carboxylic acids is 1. The molecular formula is C18H23N5OS. The SMILES string of the molecule is CCN(Cc1ccccc1)C(=O)CCc1nn2c(C(C)C)nnc2s1. The summed E-state index contributed by atoms with van der Waals surface area (Å²) in [6.45, 7) is 7.51. The molecule has 0 aliphatic carbocycles. The maximum Gasteiger partial charge on any atom is 0.234 e. The van der Waals surface area contributed by atoms with Crippen LogP contribution in [0, 0.1) is 0 Å². The average molecular weight is 357 g/mol. The topological polar surface area (TPSA) is 63.4 Å². The second-order valence-corrected chi connectivity index (χ2v) is 7.34. The molecule has 0 fully saturated rings. The van der Waals surface area contributed by atoms with Crippen molar-refractivity contribution in [3.63, 3.8) is 0 Å². The lowest BCUT2D eigenvalue weighted by molar-refractivity contribution is -0.131. The minimum absolute atomic E-state index is 0.154. The molecule has 1 aromatic carbocycles. The average Bonchev–Trinajstić information content (AvgIpc) is 3.18. The molecule has 2 aromatic heterocycles. The summed E-state index contributed by atoms with van der Waals surface area (Å²) in [5.74, 6) is 1.29. The first kappa shape index (κ1) is 17.5. The van der Waals surface area contributed by atoms with Gasteiger partial charge in [-0.05, 0) is 12.5 Å². The van der Waals surface area contributed by atoms with E-state index in [2.05, 4.69) is 29.1 Å². The number of hydrogen-bond donors (Lipinski definition) is 0. The maximum atomic E-state index is 12.5. The molecule has 2 heterocycles. The molecule has 0 aliphatic rings. The van der Waals surface area contributed by atoms with Gasteiger partial charge in [0, 0.05) is 31.8 Å². The molecule has 25 heavy (non-hydrogen) atoms. The van der Waals surface area contributed by atoms with Crippen molar-refractivity contribution in [1.82, 2.24) is 24.7 Å². The molecule has 3 rings (SSSR count). The van der Waals surface area contributed by atoms with E-state index in [0.29, 0.717) is 25.9 Å². The number of amides is 1. The van der Waals surface area contributed by atoms with Gasteiger partial charge in [-0.3, -0.25) is 4.79 Å². The summed E-state index contributed by atoms with van der Waals surface area (Å²) in [7, 11) is 0. The van der Waals surface area contributed by atoms with Crippen LogP contribution in [0.3, 0.4) is 0 Å². The Balaban J connectivity index is 1.62. The molecule has 6 nitrogen and oxygen atoms in total. The van der Waals surface area contributed by atoms with Crippen molar-refractivity contribution < 1.29 is 4.79 Å². The molecule has 0 atom stereocenters. The van der Waals surface area contributed by atoms with Crippen LogP contribution < -0.4 is 0 Å². The minimum Gasteiger partial charge on any atom is -0.339 e. The van der Waals surface area contributed by atoms with E-state index in [1.165, 1.54) is 11.3 Å². The van der Waals surface area contributed by atoms with Gasteiger partial charge in [-0.25, -0.2) is 0 Å². The Bertz CT molecular complexity index is 840. The highest BCUT2D eigenvalue weighted by Gasteiger charge is 2.16. The van der Waals surface area contributed by atoms with Crippen LogP contribution in [0.15, 0.2) is 30.3 Å². The van der Waals surface area contributed by atoms with Crippen LogP contribution in [-0.4, -0.2) is 37.2 Å². The third kappa shape index (κ3) is 4.04. The first-order valence-corrected chi connectivity index (χ1v) is 9.42. The molecule has 0 saturated heterocycles. The van der Waals surface area contributed by atoms with E-state index in [-0.39, 0.29) is 11.8 Å². The monoisotopic (exact) mass is 357 g/mol. The summed E-state index contributed by atoms with van der Waals surface area (Å²) in [5, 5.41) is 13.8. The summed E-state index contributed by atoms with van der Waals surface area (Å²) >= 11 is 1.51. The fourth-order valence-electron chi connectivity index (χ4n) is 2.68. The molecule has 1 amide bonds. The van der Waals surface area contributed by atoms with Gasteiger partial charge in [0.1, 0.15) is 5.01 Å². The van der Waals surface area contributed by atoms with E-state index in [1.807, 2.05) is 42.2 Å².